The summed E-state index contributed by atoms with van der Waals surface area (Å²) in [5.41, 5.74) is 3.80. The Labute approximate surface area is 168 Å². The van der Waals surface area contributed by atoms with E-state index in [1.165, 1.54) is 43.4 Å². The Balaban J connectivity index is 1.22. The van der Waals surface area contributed by atoms with Gasteiger partial charge in [0.1, 0.15) is 18.5 Å². The predicted molar refractivity (Wildman–Crippen MR) is 110 cm³/mol. The molecule has 0 saturated heterocycles. The third-order valence-electron chi connectivity index (χ3n) is 6.31. The minimum absolute atomic E-state index is 0.331. The number of aliphatic hydroxyl groups excluding tert-OH is 1. The van der Waals surface area contributed by atoms with E-state index in [9.17, 15) is 5.11 Å². The Hall–Kier alpha value is -1.85. The molecule has 5 heteroatoms. The first kappa shape index (κ1) is 19.5. The molecule has 5 nitrogen and oxygen atoms in total. The van der Waals surface area contributed by atoms with Crippen LogP contribution in [0.2, 0.25) is 0 Å². The van der Waals surface area contributed by atoms with Gasteiger partial charge in [0.05, 0.1) is 12.0 Å². The molecule has 2 aliphatic rings. The summed E-state index contributed by atoms with van der Waals surface area (Å²) in [6.07, 6.45) is 10.4. The van der Waals surface area contributed by atoms with E-state index in [1.54, 1.807) is 0 Å². The fourth-order valence-electron chi connectivity index (χ4n) is 4.67. The smallest absolute Gasteiger partial charge is 0.119 e. The fraction of sp³-hybridized carbons (Fsp3) is 0.609. The zero-order chi connectivity index (χ0) is 19.3. The predicted octanol–water partition coefficient (Wildman–Crippen LogP) is 3.34. The van der Waals surface area contributed by atoms with Gasteiger partial charge in [0.15, 0.2) is 0 Å². The van der Waals surface area contributed by atoms with Gasteiger partial charge in [0, 0.05) is 38.8 Å². The molecule has 0 amide bonds. The summed E-state index contributed by atoms with van der Waals surface area (Å²) in [4.78, 5) is 6.74. The normalized spacial score (nSPS) is 18.9. The van der Waals surface area contributed by atoms with E-state index in [0.717, 1.165) is 43.3 Å². The molecule has 1 atom stereocenters. The number of nitrogens with zero attached hydrogens (tertiary/aromatic N) is 3. The molecular weight excluding hydrogens is 350 g/mol. The van der Waals surface area contributed by atoms with Crippen molar-refractivity contribution in [1.82, 2.24) is 14.5 Å². The summed E-state index contributed by atoms with van der Waals surface area (Å²) >= 11 is 0. The zero-order valence-corrected chi connectivity index (χ0v) is 17.0. The first-order chi connectivity index (χ1) is 13.7. The lowest BCUT2D eigenvalue weighted by Crippen LogP contribution is -2.39. The summed E-state index contributed by atoms with van der Waals surface area (Å²) in [6, 6.07) is 8.39. The molecule has 1 aromatic carbocycles. The van der Waals surface area contributed by atoms with Crippen molar-refractivity contribution in [3.8, 4) is 5.75 Å². The van der Waals surface area contributed by atoms with Crippen LogP contribution in [0.15, 0.2) is 30.6 Å². The van der Waals surface area contributed by atoms with Gasteiger partial charge >= 0.3 is 0 Å². The lowest BCUT2D eigenvalue weighted by molar-refractivity contribution is 0.0630. The second-order valence-electron chi connectivity index (χ2n) is 8.54. The molecule has 1 fully saturated rings. The number of aryl methyl sites for hydroxylation is 2. The first-order valence-corrected chi connectivity index (χ1v) is 10.8. The molecule has 1 saturated carbocycles. The molecule has 2 aromatic rings. The van der Waals surface area contributed by atoms with Crippen LogP contribution >= 0.6 is 0 Å². The number of β-amino-alcohol motifs (C(OH)–C–C–N with tert-alkyl or cyclic N) is 1. The molecule has 0 radical (unpaired) electrons. The lowest BCUT2D eigenvalue weighted by atomic mass is 9.98. The second-order valence-corrected chi connectivity index (χ2v) is 8.54. The van der Waals surface area contributed by atoms with Crippen LogP contribution in [-0.2, 0) is 26.4 Å². The number of imidazole rings is 1. The highest BCUT2D eigenvalue weighted by Crippen LogP contribution is 2.29. The molecule has 0 unspecified atom stereocenters. The summed E-state index contributed by atoms with van der Waals surface area (Å²) in [6.45, 7) is 2.72. The maximum absolute atomic E-state index is 10.4. The summed E-state index contributed by atoms with van der Waals surface area (Å²) in [5.74, 6) is 1.78. The van der Waals surface area contributed by atoms with Gasteiger partial charge in [-0.1, -0.05) is 37.8 Å². The van der Waals surface area contributed by atoms with Crippen molar-refractivity contribution in [2.45, 2.75) is 57.6 Å². The topological polar surface area (TPSA) is 50.5 Å². The Kier molecular flexibility index (Phi) is 6.33. The molecule has 4 rings (SSSR count). The van der Waals surface area contributed by atoms with Gasteiger partial charge in [-0.25, -0.2) is 4.98 Å². The molecule has 2 heterocycles. The average molecular weight is 384 g/mol. The quantitative estimate of drug-likeness (QED) is 0.760. The Morgan fingerprint density at radius 3 is 3.00 bits per heavy atom. The van der Waals surface area contributed by atoms with Crippen LogP contribution in [0.25, 0.3) is 0 Å². The van der Waals surface area contributed by atoms with Gasteiger partial charge < -0.3 is 14.4 Å². The number of hydrogen-bond acceptors (Lipinski definition) is 4. The van der Waals surface area contributed by atoms with E-state index < -0.39 is 6.10 Å². The lowest BCUT2D eigenvalue weighted by Gasteiger charge is -2.28. The number of hydrogen-bond donors (Lipinski definition) is 1. The highest BCUT2D eigenvalue weighted by molar-refractivity contribution is 5.28. The van der Waals surface area contributed by atoms with E-state index in [2.05, 4.69) is 32.7 Å². The molecule has 1 aliphatic carbocycles. The minimum Gasteiger partial charge on any atom is -0.491 e. The van der Waals surface area contributed by atoms with Crippen LogP contribution in [0.1, 0.15) is 49.1 Å². The van der Waals surface area contributed by atoms with Crippen molar-refractivity contribution < 1.29 is 9.84 Å². The van der Waals surface area contributed by atoms with Crippen LogP contribution in [0.4, 0.5) is 0 Å². The zero-order valence-electron chi connectivity index (χ0n) is 17.0. The monoisotopic (exact) mass is 383 g/mol. The first-order valence-electron chi connectivity index (χ1n) is 10.8. The number of rotatable bonds is 8. The summed E-state index contributed by atoms with van der Waals surface area (Å²) in [7, 11) is 2.05. The third-order valence-corrected chi connectivity index (χ3v) is 6.31. The highest BCUT2D eigenvalue weighted by Gasteiger charge is 2.22. The van der Waals surface area contributed by atoms with Crippen molar-refractivity contribution in [2.75, 3.05) is 19.7 Å². The molecule has 1 aliphatic heterocycles. The molecule has 1 N–H and O–H groups in total. The van der Waals surface area contributed by atoms with Crippen molar-refractivity contribution >= 4 is 0 Å². The minimum atomic E-state index is -0.493. The van der Waals surface area contributed by atoms with Crippen LogP contribution in [0.3, 0.4) is 0 Å². The van der Waals surface area contributed by atoms with E-state index in [0.29, 0.717) is 13.2 Å². The number of aliphatic hydroxyl groups is 1. The van der Waals surface area contributed by atoms with Gasteiger partial charge in [-0.2, -0.15) is 0 Å². The van der Waals surface area contributed by atoms with Crippen molar-refractivity contribution in [1.29, 1.82) is 0 Å². The van der Waals surface area contributed by atoms with Gasteiger partial charge in [0.2, 0.25) is 0 Å². The van der Waals surface area contributed by atoms with Gasteiger partial charge in [-0.3, -0.25) is 4.90 Å². The second kappa shape index (κ2) is 9.10. The standard InChI is InChI=1S/C23H33N3O2/c1-25-17-24-22-15-26(12-11-23(22)25)14-20(27)16-28-21-8-4-7-19(13-21)10-9-18-5-2-3-6-18/h4,7-8,13,17-18,20,27H,2-3,5-6,9-12,14-16H2,1H3/t20-/m0/s1. The summed E-state index contributed by atoms with van der Waals surface area (Å²) in [5, 5.41) is 10.4. The molecule has 152 valence electrons. The molecule has 28 heavy (non-hydrogen) atoms. The Morgan fingerprint density at radius 1 is 1.29 bits per heavy atom. The molecule has 0 spiro atoms. The maximum Gasteiger partial charge on any atom is 0.119 e. The van der Waals surface area contributed by atoms with Crippen molar-refractivity contribution in [2.24, 2.45) is 13.0 Å². The number of benzene rings is 1. The van der Waals surface area contributed by atoms with E-state index in [-0.39, 0.29) is 0 Å². The van der Waals surface area contributed by atoms with Crippen LogP contribution in [0, 0.1) is 5.92 Å². The average Bonchev–Trinajstić information content (AvgIpc) is 3.35. The SMILES string of the molecule is Cn1cnc2c1CCN(C[C@H](O)COc1cccc(CCC3CCCC3)c1)C2. The Bertz CT molecular complexity index is 767. The van der Waals surface area contributed by atoms with Crippen LogP contribution in [-0.4, -0.2) is 45.4 Å². The maximum atomic E-state index is 10.4. The van der Waals surface area contributed by atoms with Gasteiger partial charge in [-0.15, -0.1) is 0 Å². The van der Waals surface area contributed by atoms with Crippen molar-refractivity contribution in [3.63, 3.8) is 0 Å². The van der Waals surface area contributed by atoms with Crippen LogP contribution < -0.4 is 4.74 Å². The highest BCUT2D eigenvalue weighted by atomic mass is 16.5. The molecule has 1 aromatic heterocycles. The largest absolute Gasteiger partial charge is 0.491 e. The Morgan fingerprint density at radius 2 is 2.14 bits per heavy atom. The third kappa shape index (κ3) is 4.95. The fourth-order valence-corrected chi connectivity index (χ4v) is 4.67. The van der Waals surface area contributed by atoms with Gasteiger partial charge in [-0.05, 0) is 36.5 Å². The molecule has 0 bridgehead atoms. The summed E-state index contributed by atoms with van der Waals surface area (Å²) < 4.78 is 8.00. The number of fused-ring (bicyclic) bond motifs is 1. The van der Waals surface area contributed by atoms with Gasteiger partial charge in [0.25, 0.3) is 0 Å². The number of ether oxygens (including phenoxy) is 1. The van der Waals surface area contributed by atoms with E-state index in [1.807, 2.05) is 19.4 Å². The van der Waals surface area contributed by atoms with Crippen LogP contribution in [0.5, 0.6) is 5.75 Å². The molecular formula is C23H33N3O2. The van der Waals surface area contributed by atoms with Crippen molar-refractivity contribution in [3.05, 3.63) is 47.5 Å². The van der Waals surface area contributed by atoms with E-state index in [4.69, 9.17) is 4.74 Å². The van der Waals surface area contributed by atoms with E-state index >= 15 is 0 Å². The number of aromatic nitrogens is 2.